The Labute approximate surface area is 213 Å². The van der Waals surface area contributed by atoms with E-state index in [0.717, 1.165) is 29.1 Å². The molecule has 1 heterocycles. The Kier molecular flexibility index (Phi) is 9.68. The number of benzene rings is 2. The number of rotatable bonds is 12. The molecule has 0 spiro atoms. The lowest BCUT2D eigenvalue weighted by molar-refractivity contribution is -0.120. The van der Waals surface area contributed by atoms with Crippen molar-refractivity contribution in [1.82, 2.24) is 15.6 Å². The smallest absolute Gasteiger partial charge is 0.247 e. The molecule has 9 nitrogen and oxygen atoms in total. The second-order valence-corrected chi connectivity index (χ2v) is 8.97. The summed E-state index contributed by atoms with van der Waals surface area (Å²) < 4.78 is 17.4. The summed E-state index contributed by atoms with van der Waals surface area (Å²) in [6.45, 7) is 7.08. The number of nitrogens with one attached hydrogen (secondary N) is 1. The van der Waals surface area contributed by atoms with Crippen molar-refractivity contribution < 1.29 is 19.0 Å². The number of hydrogen-bond acceptors (Lipinski definition) is 9. The predicted octanol–water partition coefficient (Wildman–Crippen LogP) is 4.19. The van der Waals surface area contributed by atoms with Crippen molar-refractivity contribution in [1.29, 1.82) is 0 Å². The van der Waals surface area contributed by atoms with Gasteiger partial charge in [0.2, 0.25) is 11.0 Å². The van der Waals surface area contributed by atoms with E-state index in [1.54, 1.807) is 12.1 Å². The fraction of sp³-hybridized carbons (Fsp3) is 0.333. The molecule has 0 bridgehead atoms. The van der Waals surface area contributed by atoms with Gasteiger partial charge in [0.05, 0.1) is 24.3 Å². The van der Waals surface area contributed by atoms with Crippen LogP contribution >= 0.6 is 22.9 Å². The molecule has 1 amide bonds. The molecule has 0 saturated carbocycles. The van der Waals surface area contributed by atoms with E-state index in [4.69, 9.17) is 31.5 Å². The lowest BCUT2D eigenvalue weighted by atomic mass is 10.1. The van der Waals surface area contributed by atoms with Crippen molar-refractivity contribution in [3.63, 3.8) is 0 Å². The van der Waals surface area contributed by atoms with Gasteiger partial charge >= 0.3 is 0 Å². The van der Waals surface area contributed by atoms with E-state index in [-0.39, 0.29) is 18.9 Å². The van der Waals surface area contributed by atoms with E-state index in [2.05, 4.69) is 33.7 Å². The monoisotopic (exact) mass is 517 g/mol. The second kappa shape index (κ2) is 12.9. The summed E-state index contributed by atoms with van der Waals surface area (Å²) in [5.74, 6) is 1.37. The summed E-state index contributed by atoms with van der Waals surface area (Å²) >= 11 is 7.61. The summed E-state index contributed by atoms with van der Waals surface area (Å²) in [5, 5.41) is 12.6. The molecule has 35 heavy (non-hydrogen) atoms. The number of nitrogens with two attached hydrogens (primary N) is 1. The van der Waals surface area contributed by atoms with Gasteiger partial charge in [-0.25, -0.2) is 5.43 Å². The molecular weight excluding hydrogens is 490 g/mol. The highest BCUT2D eigenvalue weighted by Crippen LogP contribution is 2.36. The highest BCUT2D eigenvalue weighted by Gasteiger charge is 2.13. The quantitative estimate of drug-likeness (QED) is 0.210. The van der Waals surface area contributed by atoms with Gasteiger partial charge in [-0.05, 0) is 61.2 Å². The number of aryl methyl sites for hydroxylation is 2. The van der Waals surface area contributed by atoms with E-state index in [9.17, 15) is 4.79 Å². The molecule has 0 atom stereocenters. The number of halogens is 1. The van der Waals surface area contributed by atoms with Gasteiger partial charge in [-0.1, -0.05) is 35.9 Å². The van der Waals surface area contributed by atoms with Crippen molar-refractivity contribution in [2.24, 2.45) is 5.10 Å². The number of anilines is 1. The number of carbonyl (C=O) groups excluding carboxylic acids is 1. The lowest BCUT2D eigenvalue weighted by Crippen LogP contribution is -2.19. The maximum atomic E-state index is 12.0. The van der Waals surface area contributed by atoms with Crippen molar-refractivity contribution in [2.45, 2.75) is 33.6 Å². The fourth-order valence-electron chi connectivity index (χ4n) is 3.17. The van der Waals surface area contributed by atoms with Crippen molar-refractivity contribution in [3.05, 3.63) is 57.1 Å². The number of hydrazone groups is 1. The highest BCUT2D eigenvalue weighted by molar-refractivity contribution is 7.15. The van der Waals surface area contributed by atoms with Gasteiger partial charge in [-0.15, -0.1) is 10.2 Å². The summed E-state index contributed by atoms with van der Waals surface area (Å²) in [4.78, 5) is 12.0. The summed E-state index contributed by atoms with van der Waals surface area (Å²) in [5.41, 5.74) is 11.0. The number of aromatic nitrogens is 2. The zero-order valence-electron chi connectivity index (χ0n) is 19.8. The molecule has 0 fully saturated rings. The average Bonchev–Trinajstić information content (AvgIpc) is 3.22. The zero-order chi connectivity index (χ0) is 25.2. The Bertz CT molecular complexity index is 1180. The summed E-state index contributed by atoms with van der Waals surface area (Å²) in [6.07, 6.45) is 2.45. The normalized spacial score (nSPS) is 11.0. The third-order valence-electron chi connectivity index (χ3n) is 4.65. The van der Waals surface area contributed by atoms with Crippen LogP contribution in [0.1, 0.15) is 35.5 Å². The number of hydrogen-bond donors (Lipinski definition) is 2. The van der Waals surface area contributed by atoms with Gasteiger partial charge in [0, 0.05) is 0 Å². The van der Waals surface area contributed by atoms with Crippen LogP contribution < -0.4 is 25.4 Å². The SMILES string of the molecule is CCOc1cc(/C=N/NC(=O)Cc2nnc(N)s2)cc(Cl)c1OCCOc1cc(C)cc(CC)c1. The molecule has 0 aliphatic carbocycles. The molecule has 2 aromatic carbocycles. The van der Waals surface area contributed by atoms with Crippen LogP contribution in [0.15, 0.2) is 35.4 Å². The Morgan fingerprint density at radius 2 is 1.94 bits per heavy atom. The third kappa shape index (κ3) is 8.11. The molecule has 0 aliphatic rings. The number of ether oxygens (including phenoxy) is 3. The molecule has 3 rings (SSSR count). The molecule has 0 radical (unpaired) electrons. The van der Waals surface area contributed by atoms with Gasteiger partial charge in [0.15, 0.2) is 11.5 Å². The first-order valence-corrected chi connectivity index (χ1v) is 12.3. The molecule has 0 aliphatic heterocycles. The summed E-state index contributed by atoms with van der Waals surface area (Å²) in [7, 11) is 0. The van der Waals surface area contributed by atoms with E-state index in [1.165, 1.54) is 11.8 Å². The van der Waals surface area contributed by atoms with Gasteiger partial charge in [0.25, 0.3) is 0 Å². The average molecular weight is 518 g/mol. The topological polar surface area (TPSA) is 121 Å². The van der Waals surface area contributed by atoms with E-state index in [0.29, 0.717) is 45.4 Å². The largest absolute Gasteiger partial charge is 0.490 e. The number of amides is 1. The summed E-state index contributed by atoms with van der Waals surface area (Å²) in [6, 6.07) is 9.58. The van der Waals surface area contributed by atoms with Crippen LogP contribution in [0.25, 0.3) is 0 Å². The maximum absolute atomic E-state index is 12.0. The zero-order valence-corrected chi connectivity index (χ0v) is 21.4. The van der Waals surface area contributed by atoms with Crippen LogP contribution in [0.4, 0.5) is 5.13 Å². The van der Waals surface area contributed by atoms with Gasteiger partial charge < -0.3 is 19.9 Å². The van der Waals surface area contributed by atoms with E-state index >= 15 is 0 Å². The first-order valence-electron chi connectivity index (χ1n) is 11.1. The third-order valence-corrected chi connectivity index (χ3v) is 5.68. The molecule has 0 saturated heterocycles. The van der Waals surface area contributed by atoms with Gasteiger partial charge in [-0.2, -0.15) is 5.10 Å². The molecule has 1 aromatic heterocycles. The van der Waals surface area contributed by atoms with Crippen LogP contribution in [0, 0.1) is 6.92 Å². The molecule has 3 N–H and O–H groups in total. The Morgan fingerprint density at radius 3 is 2.66 bits per heavy atom. The van der Waals surface area contributed by atoms with Crippen LogP contribution in [0.3, 0.4) is 0 Å². The fourth-order valence-corrected chi connectivity index (χ4v) is 4.06. The first-order chi connectivity index (χ1) is 16.9. The maximum Gasteiger partial charge on any atom is 0.247 e. The highest BCUT2D eigenvalue weighted by atomic mass is 35.5. The van der Waals surface area contributed by atoms with Gasteiger partial charge in [-0.3, -0.25) is 4.79 Å². The van der Waals surface area contributed by atoms with Crippen molar-refractivity contribution >= 4 is 40.2 Å². The van der Waals surface area contributed by atoms with Crippen LogP contribution in [-0.4, -0.2) is 42.1 Å². The first kappa shape index (κ1) is 26.2. The molecule has 3 aromatic rings. The molecular formula is C24H28ClN5O4S. The Morgan fingerprint density at radius 1 is 1.14 bits per heavy atom. The van der Waals surface area contributed by atoms with Crippen molar-refractivity contribution in [2.75, 3.05) is 25.6 Å². The van der Waals surface area contributed by atoms with E-state index in [1.807, 2.05) is 26.0 Å². The van der Waals surface area contributed by atoms with Crippen molar-refractivity contribution in [3.8, 4) is 17.2 Å². The second-order valence-electron chi connectivity index (χ2n) is 7.47. The van der Waals surface area contributed by atoms with Gasteiger partial charge in [0.1, 0.15) is 24.0 Å². The number of nitrogens with zero attached hydrogens (tertiary/aromatic N) is 3. The number of nitrogen functional groups attached to an aromatic ring is 1. The molecule has 0 unspecified atom stereocenters. The molecule has 11 heteroatoms. The minimum atomic E-state index is -0.340. The van der Waals surface area contributed by atoms with Crippen LogP contribution in [-0.2, 0) is 17.6 Å². The Balaban J connectivity index is 1.58. The molecule has 186 valence electrons. The predicted molar refractivity (Wildman–Crippen MR) is 138 cm³/mol. The lowest BCUT2D eigenvalue weighted by Gasteiger charge is -2.15. The number of carbonyl (C=O) groups is 1. The van der Waals surface area contributed by atoms with E-state index < -0.39 is 0 Å². The standard InChI is InChI=1S/C24H28ClN5O4S/c1-4-16-8-15(3)9-18(10-16)33-6-7-34-23-19(25)11-17(12-20(23)32-5-2)14-27-28-21(31)13-22-29-30-24(26)35-22/h8-12,14H,4-7,13H2,1-3H3,(H2,26,30)(H,28,31)/b27-14+. The Hall–Kier alpha value is -3.37. The van der Waals surface area contributed by atoms with Crippen LogP contribution in [0.2, 0.25) is 5.02 Å². The minimum absolute atomic E-state index is 0.0360. The minimum Gasteiger partial charge on any atom is -0.490 e. The van der Waals surface area contributed by atoms with Crippen LogP contribution in [0.5, 0.6) is 17.2 Å².